The first-order valence-electron chi connectivity index (χ1n) is 12.0. The number of piperidine rings is 1. The lowest BCUT2D eigenvalue weighted by molar-refractivity contribution is -0.115. The topological polar surface area (TPSA) is 62.3 Å². The summed E-state index contributed by atoms with van der Waals surface area (Å²) in [7, 11) is 2.13. The van der Waals surface area contributed by atoms with Crippen LogP contribution >= 0.6 is 0 Å². The highest BCUT2D eigenvalue weighted by atomic mass is 16.7. The third kappa shape index (κ3) is 4.02. The molecule has 178 valence electrons. The minimum absolute atomic E-state index is 0.0166. The van der Waals surface area contributed by atoms with Crippen LogP contribution in [0.2, 0.25) is 0 Å². The first-order chi connectivity index (χ1) is 17.1. The van der Waals surface area contributed by atoms with E-state index in [4.69, 9.17) is 9.47 Å². The van der Waals surface area contributed by atoms with Gasteiger partial charge in [-0.25, -0.2) is 9.69 Å². The number of hydrogen-bond acceptors (Lipinski definition) is 5. The molecule has 3 aliphatic heterocycles. The lowest BCUT2D eigenvalue weighted by Gasteiger charge is -2.31. The molecule has 3 aromatic rings. The number of carbonyl (C=O) groups excluding carboxylic acids is 2. The zero-order chi connectivity index (χ0) is 23.9. The van der Waals surface area contributed by atoms with Crippen molar-refractivity contribution < 1.29 is 19.1 Å². The zero-order valence-corrected chi connectivity index (χ0v) is 19.6. The van der Waals surface area contributed by atoms with E-state index in [1.54, 1.807) is 6.07 Å². The summed E-state index contributed by atoms with van der Waals surface area (Å²) in [6.45, 7) is 2.04. The molecule has 3 aromatic carbocycles. The molecule has 1 unspecified atom stereocenters. The van der Waals surface area contributed by atoms with E-state index >= 15 is 0 Å². The van der Waals surface area contributed by atoms with Crippen molar-refractivity contribution in [2.45, 2.75) is 19.1 Å². The Morgan fingerprint density at radius 3 is 2.17 bits per heavy atom. The molecule has 7 heteroatoms. The molecule has 0 bridgehead atoms. The Kier molecular flexibility index (Phi) is 5.41. The molecule has 0 aliphatic carbocycles. The molecular weight excluding hydrogens is 442 g/mol. The Bertz CT molecular complexity index is 1250. The van der Waals surface area contributed by atoms with Gasteiger partial charge in [0.1, 0.15) is 6.54 Å². The van der Waals surface area contributed by atoms with Gasteiger partial charge in [0, 0.05) is 12.0 Å². The van der Waals surface area contributed by atoms with Crippen molar-refractivity contribution in [3.63, 3.8) is 0 Å². The number of nitrogens with zero attached hydrogens (tertiary/aromatic N) is 3. The quantitative estimate of drug-likeness (QED) is 0.516. The van der Waals surface area contributed by atoms with Crippen molar-refractivity contribution in [3.8, 4) is 22.6 Å². The average molecular weight is 470 g/mol. The lowest BCUT2D eigenvalue weighted by Crippen LogP contribution is -2.38. The maximum Gasteiger partial charge on any atom is 0.336 e. The lowest BCUT2D eigenvalue weighted by atomic mass is 9.97. The highest BCUT2D eigenvalue weighted by Gasteiger charge is 2.39. The van der Waals surface area contributed by atoms with Crippen molar-refractivity contribution in [2.24, 2.45) is 5.92 Å². The number of benzene rings is 3. The highest BCUT2D eigenvalue weighted by Crippen LogP contribution is 2.42. The summed E-state index contributed by atoms with van der Waals surface area (Å²) in [6.07, 6.45) is 1.75. The Labute approximate surface area is 204 Å². The summed E-state index contributed by atoms with van der Waals surface area (Å²) in [5.74, 6) is 1.39. The molecular formula is C28H27N3O4. The monoisotopic (exact) mass is 469 g/mol. The van der Waals surface area contributed by atoms with E-state index in [0.717, 1.165) is 37.1 Å². The number of urea groups is 1. The number of carbonyl (C=O) groups is 2. The summed E-state index contributed by atoms with van der Waals surface area (Å²) in [4.78, 5) is 31.2. The van der Waals surface area contributed by atoms with Crippen LogP contribution in [0.25, 0.3) is 11.1 Å². The normalized spacial score (nSPS) is 20.7. The fourth-order valence-corrected chi connectivity index (χ4v) is 5.01. The highest BCUT2D eigenvalue weighted by molar-refractivity contribution is 6.27. The maximum atomic E-state index is 13.3. The Morgan fingerprint density at radius 1 is 0.771 bits per heavy atom. The van der Waals surface area contributed by atoms with Crippen LogP contribution in [0.1, 0.15) is 12.8 Å². The predicted molar refractivity (Wildman–Crippen MR) is 134 cm³/mol. The van der Waals surface area contributed by atoms with Gasteiger partial charge in [0.15, 0.2) is 11.5 Å². The van der Waals surface area contributed by atoms with Gasteiger partial charge in [0.2, 0.25) is 6.29 Å². The number of anilines is 2. The van der Waals surface area contributed by atoms with E-state index in [1.807, 2.05) is 66.7 Å². The van der Waals surface area contributed by atoms with Gasteiger partial charge in [-0.1, -0.05) is 42.5 Å². The summed E-state index contributed by atoms with van der Waals surface area (Å²) >= 11 is 0. The number of fused-ring (bicyclic) bond motifs is 1. The van der Waals surface area contributed by atoms with Crippen molar-refractivity contribution >= 4 is 23.3 Å². The van der Waals surface area contributed by atoms with Crippen LogP contribution in [-0.4, -0.2) is 49.8 Å². The Morgan fingerprint density at radius 2 is 1.43 bits per heavy atom. The zero-order valence-electron chi connectivity index (χ0n) is 19.6. The van der Waals surface area contributed by atoms with Crippen molar-refractivity contribution in [1.82, 2.24) is 4.90 Å². The molecule has 0 saturated carbocycles. The van der Waals surface area contributed by atoms with Gasteiger partial charge in [-0.15, -0.1) is 0 Å². The largest absolute Gasteiger partial charge is 0.451 e. The fourth-order valence-electron chi connectivity index (χ4n) is 5.01. The predicted octanol–water partition coefficient (Wildman–Crippen LogP) is 4.77. The third-order valence-electron chi connectivity index (χ3n) is 7.07. The molecule has 0 N–H and O–H groups in total. The Balaban J connectivity index is 1.18. The minimum Gasteiger partial charge on any atom is -0.451 e. The molecule has 3 aliphatic rings. The molecule has 1 atom stereocenters. The van der Waals surface area contributed by atoms with Crippen molar-refractivity contribution in [3.05, 3.63) is 72.8 Å². The van der Waals surface area contributed by atoms with E-state index in [-0.39, 0.29) is 24.8 Å². The van der Waals surface area contributed by atoms with E-state index in [0.29, 0.717) is 28.8 Å². The first kappa shape index (κ1) is 21.7. The van der Waals surface area contributed by atoms with Crippen LogP contribution in [0.3, 0.4) is 0 Å². The number of rotatable bonds is 4. The standard InChI is InChI=1S/C28H27N3O4/c1-29-15-13-21(14-16-29)27-34-24-12-11-23(17-25(24)35-27)30-18-26(32)31(28(30)33)22-9-7-20(8-10-22)19-5-3-2-4-6-19/h2-12,17,21,27H,13-16,18H2,1H3. The van der Waals surface area contributed by atoms with Gasteiger partial charge < -0.3 is 14.4 Å². The number of ether oxygens (including phenoxy) is 2. The summed E-state index contributed by atoms with van der Waals surface area (Å²) in [5.41, 5.74) is 3.29. The van der Waals surface area contributed by atoms with E-state index in [1.165, 1.54) is 9.80 Å². The van der Waals surface area contributed by atoms with E-state index in [2.05, 4.69) is 11.9 Å². The van der Waals surface area contributed by atoms with Crippen LogP contribution in [0.5, 0.6) is 11.5 Å². The summed E-state index contributed by atoms with van der Waals surface area (Å²) < 4.78 is 12.2. The van der Waals surface area contributed by atoms with Gasteiger partial charge in [0.25, 0.3) is 5.91 Å². The van der Waals surface area contributed by atoms with Crippen LogP contribution in [0, 0.1) is 5.92 Å². The molecule has 2 fully saturated rings. The van der Waals surface area contributed by atoms with Crippen LogP contribution in [0.15, 0.2) is 72.8 Å². The van der Waals surface area contributed by atoms with Crippen molar-refractivity contribution in [2.75, 3.05) is 36.5 Å². The number of likely N-dealkylation sites (tertiary alicyclic amines) is 1. The number of amides is 3. The molecule has 0 spiro atoms. The first-order valence-corrected chi connectivity index (χ1v) is 12.0. The number of hydrogen-bond donors (Lipinski definition) is 0. The second kappa shape index (κ2) is 8.74. The smallest absolute Gasteiger partial charge is 0.336 e. The van der Waals surface area contributed by atoms with Gasteiger partial charge >= 0.3 is 6.03 Å². The molecule has 0 radical (unpaired) electrons. The van der Waals surface area contributed by atoms with Crippen LogP contribution in [0.4, 0.5) is 16.2 Å². The minimum atomic E-state index is -0.367. The molecule has 0 aromatic heterocycles. The fraction of sp³-hybridized carbons (Fsp3) is 0.286. The molecule has 2 saturated heterocycles. The van der Waals surface area contributed by atoms with Gasteiger partial charge in [-0.3, -0.25) is 9.69 Å². The van der Waals surface area contributed by atoms with E-state index < -0.39 is 0 Å². The summed E-state index contributed by atoms with van der Waals surface area (Å²) in [6, 6.07) is 22.5. The van der Waals surface area contributed by atoms with Crippen molar-refractivity contribution in [1.29, 1.82) is 0 Å². The SMILES string of the molecule is CN1CCC(C2Oc3ccc(N4CC(=O)N(c5ccc(-c6ccccc6)cc5)C4=O)cc3O2)CC1. The van der Waals surface area contributed by atoms with Gasteiger partial charge in [-0.05, 0) is 68.4 Å². The summed E-state index contributed by atoms with van der Waals surface area (Å²) in [5, 5.41) is 0. The molecule has 3 amide bonds. The van der Waals surface area contributed by atoms with E-state index in [9.17, 15) is 9.59 Å². The van der Waals surface area contributed by atoms with Gasteiger partial charge in [0.05, 0.1) is 11.4 Å². The maximum absolute atomic E-state index is 13.3. The Hall–Kier alpha value is -3.84. The number of imide groups is 1. The second-order valence-electron chi connectivity index (χ2n) is 9.39. The molecule has 7 nitrogen and oxygen atoms in total. The second-order valence-corrected chi connectivity index (χ2v) is 9.39. The van der Waals surface area contributed by atoms with Crippen LogP contribution < -0.4 is 19.3 Å². The molecule has 6 rings (SSSR count). The molecule has 35 heavy (non-hydrogen) atoms. The van der Waals surface area contributed by atoms with Crippen LogP contribution in [-0.2, 0) is 4.79 Å². The molecule has 3 heterocycles. The van der Waals surface area contributed by atoms with Gasteiger partial charge in [-0.2, -0.15) is 0 Å². The third-order valence-corrected chi connectivity index (χ3v) is 7.07. The average Bonchev–Trinajstić information content (AvgIpc) is 3.45.